The molecule has 3 N–H and O–H groups in total. The van der Waals surface area contributed by atoms with Gasteiger partial charge in [-0.3, -0.25) is 9.89 Å². The molecule has 1 fully saturated rings. The van der Waals surface area contributed by atoms with Crippen LogP contribution in [-0.2, 0) is 18.5 Å². The van der Waals surface area contributed by atoms with Gasteiger partial charge in [-0.2, -0.15) is 23.3 Å². The number of anilines is 1. The molecule has 3 aromatic heterocycles. The van der Waals surface area contributed by atoms with Crippen LogP contribution in [-0.4, -0.2) is 74.2 Å². The number of nitrogens with zero attached hydrogens (tertiary/aromatic N) is 5. The van der Waals surface area contributed by atoms with Gasteiger partial charge in [0.15, 0.2) is 0 Å². The summed E-state index contributed by atoms with van der Waals surface area (Å²) in [5.41, 5.74) is 1.55. The molecule has 1 amide bonds. The number of halogens is 4. The number of likely N-dealkylation sites (N-methyl/N-ethyl adjacent to an activating group) is 1. The van der Waals surface area contributed by atoms with E-state index in [1.54, 1.807) is 18.2 Å². The number of hydrogen-bond acceptors (Lipinski definition) is 7. The molecule has 41 heavy (non-hydrogen) atoms. The molecule has 0 saturated carbocycles. The Balaban J connectivity index is 1.42. The number of aromatic amines is 1. The molecular formula is C27H32F4N8O2. The van der Waals surface area contributed by atoms with Gasteiger partial charge in [-0.25, -0.2) is 4.39 Å². The van der Waals surface area contributed by atoms with Crippen LogP contribution < -0.4 is 10.6 Å². The molecule has 4 aromatic rings. The highest BCUT2D eigenvalue weighted by atomic mass is 19.4. The minimum Gasteiger partial charge on any atom is -0.378 e. The van der Waals surface area contributed by atoms with Crippen LogP contribution >= 0.6 is 0 Å². The molecule has 5 rings (SSSR count). The zero-order valence-corrected chi connectivity index (χ0v) is 23.1. The van der Waals surface area contributed by atoms with Crippen molar-refractivity contribution in [2.45, 2.75) is 64.1 Å². The first-order chi connectivity index (χ1) is 19.3. The molecule has 0 unspecified atom stereocenters. The van der Waals surface area contributed by atoms with Crippen molar-refractivity contribution >= 4 is 22.5 Å². The van der Waals surface area contributed by atoms with Crippen molar-refractivity contribution in [2.75, 3.05) is 25.5 Å². The number of piperidine rings is 1. The normalized spacial score (nSPS) is 18.6. The summed E-state index contributed by atoms with van der Waals surface area (Å²) in [6.07, 6.45) is -3.83. The number of carbonyl (C=O) groups is 1. The van der Waals surface area contributed by atoms with E-state index in [-0.39, 0.29) is 34.9 Å². The fourth-order valence-electron chi connectivity index (χ4n) is 5.08. The highest BCUT2D eigenvalue weighted by Gasteiger charge is 2.32. The van der Waals surface area contributed by atoms with E-state index in [1.165, 1.54) is 12.3 Å². The lowest BCUT2D eigenvalue weighted by molar-refractivity contribution is -0.139. The Hall–Kier alpha value is -3.94. The van der Waals surface area contributed by atoms with Crippen LogP contribution in [0.4, 0.5) is 23.2 Å². The third-order valence-electron chi connectivity index (χ3n) is 7.09. The second kappa shape index (κ2) is 10.8. The summed E-state index contributed by atoms with van der Waals surface area (Å²) in [5, 5.41) is 17.1. The number of benzene rings is 1. The first-order valence-corrected chi connectivity index (χ1v) is 13.2. The summed E-state index contributed by atoms with van der Waals surface area (Å²) in [7, 11) is 1.90. The second-order valence-corrected chi connectivity index (χ2v) is 11.4. The molecule has 1 saturated heterocycles. The summed E-state index contributed by atoms with van der Waals surface area (Å²) in [4.78, 5) is 19.0. The summed E-state index contributed by atoms with van der Waals surface area (Å²) in [5.74, 6) is -0.466. The van der Waals surface area contributed by atoms with Crippen LogP contribution in [0.25, 0.3) is 22.4 Å². The van der Waals surface area contributed by atoms with Crippen LogP contribution in [0.5, 0.6) is 0 Å². The molecule has 1 aromatic carbocycles. The second-order valence-electron chi connectivity index (χ2n) is 11.4. The van der Waals surface area contributed by atoms with Crippen molar-refractivity contribution in [3.8, 4) is 11.5 Å². The molecule has 220 valence electrons. The SMILES string of the molecule is CN1CC[C@@H](F)[C@@H](Nc2cccc3c2cc(-c2noc(CNC(=O)c4cn[nH]c4C(C)(C)C)n2)n3CC(F)(F)F)C1. The van der Waals surface area contributed by atoms with E-state index in [0.717, 1.165) is 4.57 Å². The number of H-pyrrole nitrogens is 1. The van der Waals surface area contributed by atoms with Gasteiger partial charge in [-0.05, 0) is 31.7 Å². The van der Waals surface area contributed by atoms with Crippen LogP contribution in [0.15, 0.2) is 35.0 Å². The minimum atomic E-state index is -4.53. The Morgan fingerprint density at radius 2 is 2.02 bits per heavy atom. The van der Waals surface area contributed by atoms with E-state index >= 15 is 0 Å². The van der Waals surface area contributed by atoms with Gasteiger partial charge in [-0.15, -0.1) is 0 Å². The van der Waals surface area contributed by atoms with Crippen molar-refractivity contribution in [3.63, 3.8) is 0 Å². The minimum absolute atomic E-state index is 0.0156. The van der Waals surface area contributed by atoms with Gasteiger partial charge in [0, 0.05) is 29.6 Å². The summed E-state index contributed by atoms with van der Waals surface area (Å²) in [6, 6.07) is 5.93. The molecule has 4 heterocycles. The van der Waals surface area contributed by atoms with Crippen LogP contribution in [0.3, 0.4) is 0 Å². The lowest BCUT2D eigenvalue weighted by atomic mass is 9.89. The Morgan fingerprint density at radius 1 is 1.24 bits per heavy atom. The van der Waals surface area contributed by atoms with Gasteiger partial charge in [-0.1, -0.05) is 32.0 Å². The molecule has 0 bridgehead atoms. The molecular weight excluding hydrogens is 544 g/mol. The topological polar surface area (TPSA) is 117 Å². The summed E-state index contributed by atoms with van der Waals surface area (Å²) >= 11 is 0. The van der Waals surface area contributed by atoms with Gasteiger partial charge in [0.2, 0.25) is 11.7 Å². The van der Waals surface area contributed by atoms with Crippen molar-refractivity contribution in [3.05, 3.63) is 47.6 Å². The van der Waals surface area contributed by atoms with Crippen LogP contribution in [0.1, 0.15) is 49.1 Å². The number of fused-ring (bicyclic) bond motifs is 1. The van der Waals surface area contributed by atoms with Crippen molar-refractivity contribution < 1.29 is 26.9 Å². The number of likely N-dealkylation sites (tertiary alicyclic amines) is 1. The number of alkyl halides is 4. The third-order valence-corrected chi connectivity index (χ3v) is 7.09. The van der Waals surface area contributed by atoms with Gasteiger partial charge < -0.3 is 24.6 Å². The lowest BCUT2D eigenvalue weighted by Crippen LogP contribution is -2.47. The predicted octanol–water partition coefficient (Wildman–Crippen LogP) is 4.66. The molecule has 2 atom stereocenters. The summed E-state index contributed by atoms with van der Waals surface area (Å²) < 4.78 is 62.0. The number of hydrogen-bond donors (Lipinski definition) is 3. The van der Waals surface area contributed by atoms with E-state index in [1.807, 2.05) is 32.7 Å². The van der Waals surface area contributed by atoms with E-state index in [2.05, 4.69) is 31.0 Å². The fourth-order valence-corrected chi connectivity index (χ4v) is 5.08. The maximum Gasteiger partial charge on any atom is 0.406 e. The molecule has 0 spiro atoms. The van der Waals surface area contributed by atoms with Gasteiger partial charge in [0.05, 0.1) is 41.3 Å². The molecule has 1 aliphatic rings. The standard InChI is InChI=1S/C27H32F4N8O2/c1-26(2,3)23-16(11-33-36-23)25(40)32-12-22-35-24(37-41-22)21-10-15-18(34-19-13-38(4)9-8-17(19)28)6-5-7-20(15)39(21)14-27(29,30)31/h5-7,10-11,17,19,34H,8-9,12-14H2,1-4H3,(H,32,40)(H,33,36)/t17-,19+/m1/s1. The smallest absolute Gasteiger partial charge is 0.378 e. The van der Waals surface area contributed by atoms with E-state index in [0.29, 0.717) is 41.8 Å². The number of nitrogens with one attached hydrogen (secondary N) is 3. The predicted molar refractivity (Wildman–Crippen MR) is 144 cm³/mol. The zero-order chi connectivity index (χ0) is 29.5. The molecule has 10 nitrogen and oxygen atoms in total. The highest BCUT2D eigenvalue weighted by Crippen LogP contribution is 2.35. The Labute approximate surface area is 233 Å². The number of carbonyl (C=O) groups excluding carboxylic acids is 1. The van der Waals surface area contributed by atoms with Gasteiger partial charge in [0.1, 0.15) is 12.7 Å². The molecule has 0 aliphatic carbocycles. The maximum absolute atomic E-state index is 14.7. The van der Waals surface area contributed by atoms with E-state index in [4.69, 9.17) is 4.52 Å². The van der Waals surface area contributed by atoms with E-state index in [9.17, 15) is 22.4 Å². The van der Waals surface area contributed by atoms with Crippen molar-refractivity contribution in [1.29, 1.82) is 0 Å². The van der Waals surface area contributed by atoms with Gasteiger partial charge in [0.25, 0.3) is 5.91 Å². The third kappa shape index (κ3) is 6.21. The summed E-state index contributed by atoms with van der Waals surface area (Å²) in [6.45, 7) is 5.48. The van der Waals surface area contributed by atoms with Crippen molar-refractivity contribution in [2.24, 2.45) is 0 Å². The van der Waals surface area contributed by atoms with Crippen LogP contribution in [0, 0.1) is 0 Å². The molecule has 14 heteroatoms. The quantitative estimate of drug-likeness (QED) is 0.274. The first kappa shape index (κ1) is 28.6. The Kier molecular flexibility index (Phi) is 7.53. The Bertz CT molecular complexity index is 1530. The monoisotopic (exact) mass is 576 g/mol. The number of amides is 1. The van der Waals surface area contributed by atoms with E-state index < -0.39 is 30.8 Å². The van der Waals surface area contributed by atoms with Crippen LogP contribution in [0.2, 0.25) is 0 Å². The molecule has 0 radical (unpaired) electrons. The zero-order valence-electron chi connectivity index (χ0n) is 23.1. The fraction of sp³-hybridized carbons (Fsp3) is 0.481. The average Bonchev–Trinajstić information content (AvgIpc) is 3.63. The number of rotatable bonds is 7. The number of aromatic nitrogens is 5. The highest BCUT2D eigenvalue weighted by molar-refractivity contribution is 5.96. The average molecular weight is 577 g/mol. The largest absolute Gasteiger partial charge is 0.406 e. The maximum atomic E-state index is 14.7. The first-order valence-electron chi connectivity index (χ1n) is 13.2. The Morgan fingerprint density at radius 3 is 2.76 bits per heavy atom. The molecule has 1 aliphatic heterocycles. The lowest BCUT2D eigenvalue weighted by Gasteiger charge is -2.33. The van der Waals surface area contributed by atoms with Gasteiger partial charge >= 0.3 is 6.18 Å². The van der Waals surface area contributed by atoms with Crippen molar-refractivity contribution in [1.82, 2.24) is 35.1 Å².